The number of aromatic nitrogens is 1. The highest BCUT2D eigenvalue weighted by Crippen LogP contribution is 2.36. The molecule has 0 atom stereocenters. The summed E-state index contributed by atoms with van der Waals surface area (Å²) in [4.78, 5) is 20.2. The average Bonchev–Trinajstić information content (AvgIpc) is 2.81. The van der Waals surface area contributed by atoms with Crippen LogP contribution in [0.15, 0.2) is 48.8 Å². The van der Waals surface area contributed by atoms with E-state index in [1.165, 1.54) is 5.56 Å². The number of carbonyl (C=O) groups excluding carboxylic acids is 1. The van der Waals surface area contributed by atoms with Gasteiger partial charge in [-0.1, -0.05) is 30.3 Å². The van der Waals surface area contributed by atoms with Crippen molar-refractivity contribution < 1.29 is 14.3 Å². The molecule has 0 spiro atoms. The van der Waals surface area contributed by atoms with Gasteiger partial charge in [0.2, 0.25) is 5.91 Å². The maximum absolute atomic E-state index is 13.7. The van der Waals surface area contributed by atoms with Crippen LogP contribution in [0.1, 0.15) is 32.3 Å². The minimum absolute atomic E-state index is 0.149. The highest BCUT2D eigenvalue weighted by atomic mass is 16.5. The van der Waals surface area contributed by atoms with E-state index in [0.29, 0.717) is 13.2 Å². The van der Waals surface area contributed by atoms with Crippen LogP contribution in [0.4, 0.5) is 0 Å². The minimum Gasteiger partial charge on any atom is -0.381 e. The predicted octanol–water partition coefficient (Wildman–Crippen LogP) is 3.31. The Hall–Kier alpha value is -2.28. The molecule has 2 saturated heterocycles. The molecule has 0 saturated carbocycles. The number of benzene rings is 1. The number of amides is 1. The van der Waals surface area contributed by atoms with Gasteiger partial charge in [0.05, 0.1) is 18.6 Å². The lowest BCUT2D eigenvalue weighted by Gasteiger charge is -2.41. The standard InChI is InChI=1S/C26H35N3O3/c1-25(2,20-29-12-16-32-17-13-29)28-24(30)26(9-14-31-15-10-26)18-21-5-7-22(8-6-21)23-4-3-11-27-19-23/h3-8,11,19H,9-10,12-18,20H2,1-2H3,(H,28,30). The number of nitrogens with zero attached hydrogens (tertiary/aromatic N) is 2. The molecule has 2 aliphatic rings. The fourth-order valence-electron chi connectivity index (χ4n) is 4.78. The fraction of sp³-hybridized carbons (Fsp3) is 0.538. The first-order chi connectivity index (χ1) is 15.5. The van der Waals surface area contributed by atoms with E-state index in [2.05, 4.69) is 59.4 Å². The normalized spacial score (nSPS) is 19.4. The van der Waals surface area contributed by atoms with Crippen molar-refractivity contribution in [3.05, 3.63) is 54.4 Å². The molecule has 1 aromatic heterocycles. The molecule has 2 fully saturated rings. The highest BCUT2D eigenvalue weighted by molar-refractivity contribution is 5.84. The summed E-state index contributed by atoms with van der Waals surface area (Å²) in [5.74, 6) is 0.149. The van der Waals surface area contributed by atoms with Crippen LogP contribution >= 0.6 is 0 Å². The third-order valence-electron chi connectivity index (χ3n) is 6.60. The highest BCUT2D eigenvalue weighted by Gasteiger charge is 2.42. The first-order valence-corrected chi connectivity index (χ1v) is 11.7. The summed E-state index contributed by atoms with van der Waals surface area (Å²) in [5, 5.41) is 3.39. The lowest BCUT2D eigenvalue weighted by molar-refractivity contribution is -0.138. The number of nitrogens with one attached hydrogen (secondary N) is 1. The van der Waals surface area contributed by atoms with Crippen molar-refractivity contribution in [1.29, 1.82) is 0 Å². The number of ether oxygens (including phenoxy) is 2. The Morgan fingerprint density at radius 3 is 2.38 bits per heavy atom. The first-order valence-electron chi connectivity index (χ1n) is 11.7. The summed E-state index contributed by atoms with van der Waals surface area (Å²) in [6.45, 7) is 9.70. The number of rotatable bonds is 7. The molecular weight excluding hydrogens is 402 g/mol. The van der Waals surface area contributed by atoms with Gasteiger partial charge in [0.25, 0.3) is 0 Å². The molecule has 4 rings (SSSR count). The van der Waals surface area contributed by atoms with Crippen molar-refractivity contribution in [2.45, 2.75) is 38.6 Å². The van der Waals surface area contributed by atoms with E-state index >= 15 is 0 Å². The maximum atomic E-state index is 13.7. The van der Waals surface area contributed by atoms with Crippen molar-refractivity contribution in [3.8, 4) is 11.1 Å². The molecule has 32 heavy (non-hydrogen) atoms. The molecule has 1 aromatic carbocycles. The monoisotopic (exact) mass is 437 g/mol. The smallest absolute Gasteiger partial charge is 0.227 e. The second-order valence-corrected chi connectivity index (χ2v) is 9.73. The van der Waals surface area contributed by atoms with E-state index in [1.54, 1.807) is 6.20 Å². The number of hydrogen-bond donors (Lipinski definition) is 1. The van der Waals surface area contributed by atoms with Gasteiger partial charge in [-0.3, -0.25) is 14.7 Å². The van der Waals surface area contributed by atoms with Gasteiger partial charge in [-0.15, -0.1) is 0 Å². The third kappa shape index (κ3) is 5.74. The zero-order chi connectivity index (χ0) is 22.4. The molecule has 172 valence electrons. The molecular formula is C26H35N3O3. The van der Waals surface area contributed by atoms with Crippen LogP contribution in [-0.2, 0) is 20.7 Å². The summed E-state index contributed by atoms with van der Waals surface area (Å²) < 4.78 is 11.1. The Kier molecular flexibility index (Phi) is 7.23. The Bertz CT molecular complexity index is 871. The van der Waals surface area contributed by atoms with Gasteiger partial charge in [0, 0.05) is 50.8 Å². The Morgan fingerprint density at radius 2 is 1.72 bits per heavy atom. The number of morpholine rings is 1. The van der Waals surface area contributed by atoms with Crippen molar-refractivity contribution in [1.82, 2.24) is 15.2 Å². The number of carbonyl (C=O) groups is 1. The molecule has 1 amide bonds. The Labute approximate surface area is 191 Å². The van der Waals surface area contributed by atoms with E-state index in [1.807, 2.05) is 12.3 Å². The lowest BCUT2D eigenvalue weighted by Crippen LogP contribution is -2.58. The van der Waals surface area contributed by atoms with Crippen molar-refractivity contribution in [3.63, 3.8) is 0 Å². The Balaban J connectivity index is 1.46. The van der Waals surface area contributed by atoms with Crippen LogP contribution in [0.5, 0.6) is 0 Å². The summed E-state index contributed by atoms with van der Waals surface area (Å²) in [6, 6.07) is 12.5. The third-order valence-corrected chi connectivity index (χ3v) is 6.60. The van der Waals surface area contributed by atoms with E-state index in [9.17, 15) is 4.79 Å². The molecule has 0 aliphatic carbocycles. The van der Waals surface area contributed by atoms with Gasteiger partial charge in [0.1, 0.15) is 0 Å². The quantitative estimate of drug-likeness (QED) is 0.720. The fourth-order valence-corrected chi connectivity index (χ4v) is 4.78. The lowest BCUT2D eigenvalue weighted by atomic mass is 9.74. The molecule has 0 bridgehead atoms. The van der Waals surface area contributed by atoms with Crippen molar-refractivity contribution in [2.75, 3.05) is 46.1 Å². The minimum atomic E-state index is -0.434. The van der Waals surface area contributed by atoms with Crippen LogP contribution in [0, 0.1) is 5.41 Å². The van der Waals surface area contributed by atoms with Crippen LogP contribution < -0.4 is 5.32 Å². The van der Waals surface area contributed by atoms with Gasteiger partial charge in [-0.25, -0.2) is 0 Å². The summed E-state index contributed by atoms with van der Waals surface area (Å²) in [6.07, 6.45) is 5.88. The van der Waals surface area contributed by atoms with Crippen molar-refractivity contribution in [2.24, 2.45) is 5.41 Å². The first kappa shape index (κ1) is 22.9. The topological polar surface area (TPSA) is 63.7 Å². The maximum Gasteiger partial charge on any atom is 0.227 e. The van der Waals surface area contributed by atoms with Crippen molar-refractivity contribution >= 4 is 5.91 Å². The van der Waals surface area contributed by atoms with E-state index in [0.717, 1.165) is 63.2 Å². The molecule has 2 aromatic rings. The molecule has 0 radical (unpaired) electrons. The van der Waals surface area contributed by atoms with E-state index < -0.39 is 5.41 Å². The summed E-state index contributed by atoms with van der Waals surface area (Å²) >= 11 is 0. The second kappa shape index (κ2) is 10.1. The zero-order valence-corrected chi connectivity index (χ0v) is 19.3. The van der Waals surface area contributed by atoms with Crippen LogP contribution in [0.25, 0.3) is 11.1 Å². The summed E-state index contributed by atoms with van der Waals surface area (Å²) in [5.41, 5.74) is 2.68. The largest absolute Gasteiger partial charge is 0.381 e. The molecule has 6 heteroatoms. The number of pyridine rings is 1. The molecule has 3 heterocycles. The van der Waals surface area contributed by atoms with Gasteiger partial charge in [-0.05, 0) is 55.9 Å². The van der Waals surface area contributed by atoms with Gasteiger partial charge in [0.15, 0.2) is 0 Å². The second-order valence-electron chi connectivity index (χ2n) is 9.73. The van der Waals surface area contributed by atoms with Gasteiger partial charge in [-0.2, -0.15) is 0 Å². The van der Waals surface area contributed by atoms with E-state index in [-0.39, 0.29) is 11.4 Å². The van der Waals surface area contributed by atoms with Gasteiger partial charge < -0.3 is 14.8 Å². The van der Waals surface area contributed by atoms with Crippen LogP contribution in [-0.4, -0.2) is 67.4 Å². The average molecular weight is 438 g/mol. The molecule has 1 N–H and O–H groups in total. The number of hydrogen-bond acceptors (Lipinski definition) is 5. The molecule has 6 nitrogen and oxygen atoms in total. The zero-order valence-electron chi connectivity index (χ0n) is 19.3. The van der Waals surface area contributed by atoms with E-state index in [4.69, 9.17) is 9.47 Å². The van der Waals surface area contributed by atoms with Gasteiger partial charge >= 0.3 is 0 Å². The SMILES string of the molecule is CC(C)(CN1CCOCC1)NC(=O)C1(Cc2ccc(-c3cccnc3)cc2)CCOCC1. The summed E-state index contributed by atoms with van der Waals surface area (Å²) in [7, 11) is 0. The molecule has 2 aliphatic heterocycles. The van der Waals surface area contributed by atoms with Crippen LogP contribution in [0.3, 0.4) is 0 Å². The Morgan fingerprint density at radius 1 is 1.03 bits per heavy atom. The van der Waals surface area contributed by atoms with Crippen LogP contribution in [0.2, 0.25) is 0 Å². The predicted molar refractivity (Wildman–Crippen MR) is 125 cm³/mol. The molecule has 0 unspecified atom stereocenters.